The molecule has 0 saturated heterocycles. The smallest absolute Gasteiger partial charge is 0.267 e. The van der Waals surface area contributed by atoms with Gasteiger partial charge in [0.25, 0.3) is 17.4 Å². The largest absolute Gasteiger partial charge is 0.290 e. The van der Waals surface area contributed by atoms with Crippen LogP contribution in [-0.2, 0) is 19.4 Å². The second-order valence-corrected chi connectivity index (χ2v) is 8.87. The van der Waals surface area contributed by atoms with Gasteiger partial charge in [-0.1, -0.05) is 32.0 Å². The minimum Gasteiger partial charge on any atom is -0.267 e. The van der Waals surface area contributed by atoms with Gasteiger partial charge in [0.15, 0.2) is 5.69 Å². The van der Waals surface area contributed by atoms with Crippen LogP contribution in [0.2, 0.25) is 0 Å². The molecular formula is C22H24N4O3S. The fraction of sp³-hybridized carbons (Fsp3) is 0.364. The molecule has 2 heterocycles. The number of aromatic nitrogens is 2. The molecule has 1 unspecified atom stereocenters. The number of carbonyl (C=O) groups is 2. The van der Waals surface area contributed by atoms with Crippen LogP contribution < -0.4 is 16.4 Å². The Labute approximate surface area is 178 Å². The molecule has 0 radical (unpaired) electrons. The van der Waals surface area contributed by atoms with Gasteiger partial charge in [-0.3, -0.25) is 25.2 Å². The van der Waals surface area contributed by atoms with Crippen molar-refractivity contribution in [2.45, 2.75) is 46.1 Å². The van der Waals surface area contributed by atoms with Crippen molar-refractivity contribution in [2.75, 3.05) is 0 Å². The van der Waals surface area contributed by atoms with Crippen molar-refractivity contribution < 1.29 is 9.59 Å². The number of hydrogen-bond donors (Lipinski definition) is 2. The third kappa shape index (κ3) is 3.87. The van der Waals surface area contributed by atoms with Crippen LogP contribution in [0.5, 0.6) is 0 Å². The van der Waals surface area contributed by atoms with Crippen LogP contribution >= 0.6 is 11.3 Å². The molecule has 0 fully saturated rings. The summed E-state index contributed by atoms with van der Waals surface area (Å²) >= 11 is 1.48. The third-order valence-electron chi connectivity index (χ3n) is 5.36. The Morgan fingerprint density at radius 1 is 1.20 bits per heavy atom. The Kier molecular flexibility index (Phi) is 5.67. The molecule has 0 saturated carbocycles. The topological polar surface area (TPSA) is 93.1 Å². The van der Waals surface area contributed by atoms with Crippen LogP contribution in [0.1, 0.15) is 57.3 Å². The number of hydrazine groups is 1. The highest BCUT2D eigenvalue weighted by Crippen LogP contribution is 2.32. The van der Waals surface area contributed by atoms with Gasteiger partial charge in [0.1, 0.15) is 0 Å². The summed E-state index contributed by atoms with van der Waals surface area (Å²) in [5.41, 5.74) is 6.06. The summed E-state index contributed by atoms with van der Waals surface area (Å²) in [4.78, 5) is 39.8. The van der Waals surface area contributed by atoms with Crippen LogP contribution in [0.3, 0.4) is 0 Å². The standard InChI is InChI=1S/C22H24N4O3S/c1-3-10-26-22(29)16-7-5-4-6-15(16)19(25-26)21(28)24-23-20(27)18-12-14-11-13(2)8-9-17(14)30-18/h4-7,12-13H,3,8-11H2,1-2H3,(H,23,27)(H,24,28). The van der Waals surface area contributed by atoms with Gasteiger partial charge in [-0.25, -0.2) is 4.68 Å². The van der Waals surface area contributed by atoms with Gasteiger partial charge in [-0.15, -0.1) is 11.3 Å². The lowest BCUT2D eigenvalue weighted by Crippen LogP contribution is -2.42. The van der Waals surface area contributed by atoms with Crippen molar-refractivity contribution in [2.24, 2.45) is 5.92 Å². The Morgan fingerprint density at radius 3 is 2.70 bits per heavy atom. The molecule has 156 valence electrons. The molecule has 30 heavy (non-hydrogen) atoms. The highest BCUT2D eigenvalue weighted by Gasteiger charge is 2.22. The zero-order valence-electron chi connectivity index (χ0n) is 17.0. The number of rotatable bonds is 4. The first-order chi connectivity index (χ1) is 14.5. The zero-order valence-corrected chi connectivity index (χ0v) is 17.8. The molecule has 2 aromatic heterocycles. The second kappa shape index (κ2) is 8.39. The Hall–Kier alpha value is -3.00. The molecule has 3 aromatic rings. The summed E-state index contributed by atoms with van der Waals surface area (Å²) < 4.78 is 1.30. The number of nitrogens with one attached hydrogen (secondary N) is 2. The van der Waals surface area contributed by atoms with Crippen molar-refractivity contribution in [3.8, 4) is 0 Å². The van der Waals surface area contributed by atoms with E-state index < -0.39 is 5.91 Å². The highest BCUT2D eigenvalue weighted by atomic mass is 32.1. The van der Waals surface area contributed by atoms with Gasteiger partial charge in [0, 0.05) is 16.8 Å². The number of hydrogen-bond acceptors (Lipinski definition) is 5. The molecule has 1 aromatic carbocycles. The maximum Gasteiger partial charge on any atom is 0.290 e. The molecule has 0 bridgehead atoms. The molecule has 1 aliphatic rings. The first-order valence-corrected chi connectivity index (χ1v) is 11.0. The Morgan fingerprint density at radius 2 is 1.93 bits per heavy atom. The van der Waals surface area contributed by atoms with Gasteiger partial charge >= 0.3 is 0 Å². The van der Waals surface area contributed by atoms with Crippen LogP contribution in [0, 0.1) is 5.92 Å². The van der Waals surface area contributed by atoms with E-state index in [0.717, 1.165) is 19.3 Å². The van der Waals surface area contributed by atoms with Gasteiger partial charge < -0.3 is 0 Å². The molecule has 0 spiro atoms. The predicted octanol–water partition coefficient (Wildman–Crippen LogP) is 3.07. The van der Waals surface area contributed by atoms with E-state index in [2.05, 4.69) is 22.9 Å². The molecule has 0 aliphatic heterocycles. The lowest BCUT2D eigenvalue weighted by molar-refractivity contribution is 0.0845. The molecule has 8 heteroatoms. The van der Waals surface area contributed by atoms with E-state index in [1.807, 2.05) is 13.0 Å². The van der Waals surface area contributed by atoms with E-state index in [1.165, 1.54) is 26.5 Å². The molecule has 2 N–H and O–H groups in total. The number of nitrogens with zero attached hydrogens (tertiary/aromatic N) is 2. The number of aryl methyl sites for hydroxylation is 2. The van der Waals surface area contributed by atoms with Crippen LogP contribution in [0.25, 0.3) is 10.8 Å². The van der Waals surface area contributed by atoms with E-state index in [4.69, 9.17) is 0 Å². The first-order valence-electron chi connectivity index (χ1n) is 10.2. The Bertz CT molecular complexity index is 1180. The SMILES string of the molecule is CCCn1nc(C(=O)NNC(=O)c2cc3c(s2)CCC(C)C3)c2ccccc2c1=O. The van der Waals surface area contributed by atoms with E-state index in [9.17, 15) is 14.4 Å². The predicted molar refractivity (Wildman–Crippen MR) is 117 cm³/mol. The summed E-state index contributed by atoms with van der Waals surface area (Å²) in [6, 6.07) is 8.79. The fourth-order valence-corrected chi connectivity index (χ4v) is 4.92. The van der Waals surface area contributed by atoms with Crippen molar-refractivity contribution in [3.63, 3.8) is 0 Å². The minimum absolute atomic E-state index is 0.109. The van der Waals surface area contributed by atoms with E-state index in [1.54, 1.807) is 24.3 Å². The number of benzene rings is 1. The molecule has 1 aliphatic carbocycles. The summed E-state index contributed by atoms with van der Waals surface area (Å²) in [5.74, 6) is -0.276. The van der Waals surface area contributed by atoms with E-state index >= 15 is 0 Å². The molecular weight excluding hydrogens is 400 g/mol. The van der Waals surface area contributed by atoms with E-state index in [-0.39, 0.29) is 17.2 Å². The number of fused-ring (bicyclic) bond motifs is 2. The first kappa shape index (κ1) is 20.3. The van der Waals surface area contributed by atoms with Gasteiger partial charge in [-0.2, -0.15) is 5.10 Å². The maximum absolute atomic E-state index is 12.8. The molecule has 4 rings (SSSR count). The maximum atomic E-state index is 12.8. The number of carbonyl (C=O) groups excluding carboxylic acids is 2. The van der Waals surface area contributed by atoms with E-state index in [0.29, 0.717) is 34.5 Å². The Balaban J connectivity index is 1.54. The van der Waals surface area contributed by atoms with Crippen LogP contribution in [0.15, 0.2) is 35.1 Å². The summed E-state index contributed by atoms with van der Waals surface area (Å²) in [7, 11) is 0. The molecule has 2 amide bonds. The van der Waals surface area contributed by atoms with Gasteiger partial charge in [0.05, 0.1) is 10.3 Å². The minimum atomic E-state index is -0.556. The summed E-state index contributed by atoms with van der Waals surface area (Å²) in [6.07, 6.45) is 3.83. The highest BCUT2D eigenvalue weighted by molar-refractivity contribution is 7.14. The zero-order chi connectivity index (χ0) is 21.3. The van der Waals surface area contributed by atoms with Crippen molar-refractivity contribution >= 4 is 33.9 Å². The van der Waals surface area contributed by atoms with Crippen molar-refractivity contribution in [3.05, 3.63) is 61.7 Å². The lowest BCUT2D eigenvalue weighted by atomic mass is 9.90. The van der Waals surface area contributed by atoms with Crippen molar-refractivity contribution in [1.29, 1.82) is 0 Å². The lowest BCUT2D eigenvalue weighted by Gasteiger charge is -2.16. The average Bonchev–Trinajstić information content (AvgIpc) is 3.17. The summed E-state index contributed by atoms with van der Waals surface area (Å²) in [6.45, 7) is 4.57. The summed E-state index contributed by atoms with van der Waals surface area (Å²) in [5, 5.41) is 5.13. The second-order valence-electron chi connectivity index (χ2n) is 7.74. The molecule has 1 atom stereocenters. The monoisotopic (exact) mass is 424 g/mol. The molecule has 7 nitrogen and oxygen atoms in total. The third-order valence-corrected chi connectivity index (χ3v) is 6.60. The average molecular weight is 425 g/mol. The quantitative estimate of drug-likeness (QED) is 0.630. The number of thiophene rings is 1. The van der Waals surface area contributed by atoms with Crippen LogP contribution in [-0.4, -0.2) is 21.6 Å². The number of amides is 2. The van der Waals surface area contributed by atoms with Gasteiger partial charge in [0.2, 0.25) is 0 Å². The van der Waals surface area contributed by atoms with Gasteiger partial charge in [-0.05, 0) is 49.3 Å². The fourth-order valence-electron chi connectivity index (χ4n) is 3.82. The normalized spacial score (nSPS) is 15.6. The van der Waals surface area contributed by atoms with Crippen molar-refractivity contribution in [1.82, 2.24) is 20.6 Å². The van der Waals surface area contributed by atoms with Crippen LogP contribution in [0.4, 0.5) is 0 Å².